The predicted octanol–water partition coefficient (Wildman–Crippen LogP) is 2.95. The number of nitrogens with zero attached hydrogens (tertiary/aromatic N) is 2. The first-order chi connectivity index (χ1) is 9.76. The number of rotatable bonds is 7. The van der Waals surface area contributed by atoms with Crippen LogP contribution in [0.25, 0.3) is 0 Å². The van der Waals surface area contributed by atoms with E-state index in [4.69, 9.17) is 4.42 Å². The van der Waals surface area contributed by atoms with E-state index in [1.54, 1.807) is 18.5 Å². The highest BCUT2D eigenvalue weighted by Crippen LogP contribution is 2.21. The van der Waals surface area contributed by atoms with E-state index in [-0.39, 0.29) is 5.82 Å². The number of hydrogen-bond acceptors (Lipinski definition) is 4. The Bertz CT molecular complexity index is 528. The van der Waals surface area contributed by atoms with Crippen molar-refractivity contribution in [1.82, 2.24) is 10.3 Å². The maximum absolute atomic E-state index is 14.5. The summed E-state index contributed by atoms with van der Waals surface area (Å²) in [7, 11) is 0. The quantitative estimate of drug-likeness (QED) is 0.845. The number of halogens is 1. The summed E-state index contributed by atoms with van der Waals surface area (Å²) in [5.74, 6) is 0.909. The third-order valence-corrected chi connectivity index (χ3v) is 3.12. The molecule has 0 spiro atoms. The van der Waals surface area contributed by atoms with E-state index in [2.05, 4.69) is 10.3 Å². The van der Waals surface area contributed by atoms with Crippen molar-refractivity contribution in [2.45, 2.75) is 26.9 Å². The number of anilines is 1. The fourth-order valence-corrected chi connectivity index (χ4v) is 2.02. The van der Waals surface area contributed by atoms with Gasteiger partial charge in [0.25, 0.3) is 0 Å². The molecule has 0 radical (unpaired) electrons. The summed E-state index contributed by atoms with van der Waals surface area (Å²) in [5, 5.41) is 3.13. The molecule has 0 bridgehead atoms. The molecule has 0 atom stereocenters. The van der Waals surface area contributed by atoms with Crippen molar-refractivity contribution in [1.29, 1.82) is 0 Å². The Hall–Kier alpha value is -1.88. The van der Waals surface area contributed by atoms with Crippen molar-refractivity contribution >= 4 is 5.82 Å². The van der Waals surface area contributed by atoms with E-state index in [1.165, 1.54) is 0 Å². The predicted molar refractivity (Wildman–Crippen MR) is 77.0 cm³/mol. The topological polar surface area (TPSA) is 41.3 Å². The van der Waals surface area contributed by atoms with Gasteiger partial charge < -0.3 is 14.6 Å². The Morgan fingerprint density at radius 3 is 2.85 bits per heavy atom. The van der Waals surface area contributed by atoms with E-state index in [0.717, 1.165) is 12.3 Å². The van der Waals surface area contributed by atoms with E-state index < -0.39 is 0 Å². The van der Waals surface area contributed by atoms with Crippen molar-refractivity contribution in [3.05, 3.63) is 47.8 Å². The van der Waals surface area contributed by atoms with Crippen LogP contribution in [-0.4, -0.2) is 18.1 Å². The van der Waals surface area contributed by atoms with Gasteiger partial charge in [0.1, 0.15) is 5.76 Å². The Morgan fingerprint density at radius 1 is 1.35 bits per heavy atom. The van der Waals surface area contributed by atoms with E-state index in [9.17, 15) is 4.39 Å². The zero-order valence-corrected chi connectivity index (χ0v) is 11.9. The van der Waals surface area contributed by atoms with E-state index in [1.807, 2.05) is 30.9 Å². The van der Waals surface area contributed by atoms with Crippen LogP contribution in [-0.2, 0) is 13.1 Å². The highest BCUT2D eigenvalue weighted by molar-refractivity contribution is 5.43. The van der Waals surface area contributed by atoms with Crippen LogP contribution in [0.2, 0.25) is 0 Å². The van der Waals surface area contributed by atoms with Gasteiger partial charge in [-0.15, -0.1) is 0 Å². The van der Waals surface area contributed by atoms with Gasteiger partial charge in [0, 0.05) is 24.8 Å². The first kappa shape index (κ1) is 14.5. The molecular weight excluding hydrogens is 257 g/mol. The Morgan fingerprint density at radius 2 is 2.20 bits per heavy atom. The normalized spacial score (nSPS) is 10.8. The fraction of sp³-hybridized carbons (Fsp3) is 0.400. The summed E-state index contributed by atoms with van der Waals surface area (Å²) >= 11 is 0. The van der Waals surface area contributed by atoms with Crippen molar-refractivity contribution in [3.63, 3.8) is 0 Å². The molecule has 5 heteroatoms. The summed E-state index contributed by atoms with van der Waals surface area (Å²) in [5.41, 5.74) is 0.634. The molecule has 0 fully saturated rings. The van der Waals surface area contributed by atoms with Crippen LogP contribution in [0.5, 0.6) is 0 Å². The molecule has 0 aliphatic heterocycles. The van der Waals surface area contributed by atoms with Crippen molar-refractivity contribution in [3.8, 4) is 0 Å². The number of aromatic nitrogens is 1. The van der Waals surface area contributed by atoms with Crippen LogP contribution in [0.15, 0.2) is 35.1 Å². The van der Waals surface area contributed by atoms with Gasteiger partial charge in [0.15, 0.2) is 11.6 Å². The summed E-state index contributed by atoms with van der Waals surface area (Å²) in [6, 6.07) is 5.42. The summed E-state index contributed by atoms with van der Waals surface area (Å²) < 4.78 is 19.8. The second-order valence-electron chi connectivity index (χ2n) is 4.48. The molecule has 0 saturated heterocycles. The van der Waals surface area contributed by atoms with Gasteiger partial charge in [-0.1, -0.05) is 6.92 Å². The van der Waals surface area contributed by atoms with Crippen LogP contribution in [0.1, 0.15) is 25.2 Å². The van der Waals surface area contributed by atoms with Crippen molar-refractivity contribution < 1.29 is 8.81 Å². The zero-order valence-electron chi connectivity index (χ0n) is 11.9. The summed E-state index contributed by atoms with van der Waals surface area (Å²) in [6.45, 7) is 6.46. The maximum atomic E-state index is 14.5. The fourth-order valence-electron chi connectivity index (χ4n) is 2.02. The van der Waals surface area contributed by atoms with Crippen molar-refractivity contribution in [2.24, 2.45) is 0 Å². The lowest BCUT2D eigenvalue weighted by Crippen LogP contribution is -2.25. The molecule has 0 aliphatic carbocycles. The SMILES string of the molecule is CCNCc1ccnc(N(CC)Cc2ccco2)c1F. The van der Waals surface area contributed by atoms with Gasteiger partial charge in [-0.05, 0) is 31.7 Å². The molecule has 2 heterocycles. The number of pyridine rings is 1. The van der Waals surface area contributed by atoms with Gasteiger partial charge >= 0.3 is 0 Å². The molecule has 4 nitrogen and oxygen atoms in total. The standard InChI is InChI=1S/C15H20FN3O/c1-3-17-10-12-7-8-18-15(14(12)16)19(4-2)11-13-6-5-9-20-13/h5-9,17H,3-4,10-11H2,1-2H3. The number of furan rings is 1. The average molecular weight is 277 g/mol. The lowest BCUT2D eigenvalue weighted by atomic mass is 10.2. The third-order valence-electron chi connectivity index (χ3n) is 3.12. The average Bonchev–Trinajstić information content (AvgIpc) is 2.97. The van der Waals surface area contributed by atoms with Gasteiger partial charge in [-0.25, -0.2) is 9.37 Å². The smallest absolute Gasteiger partial charge is 0.170 e. The van der Waals surface area contributed by atoms with Crippen LogP contribution in [0, 0.1) is 5.82 Å². The van der Waals surface area contributed by atoms with Gasteiger partial charge in [-0.2, -0.15) is 0 Å². The van der Waals surface area contributed by atoms with Gasteiger partial charge in [0.05, 0.1) is 12.8 Å². The maximum Gasteiger partial charge on any atom is 0.170 e. The minimum atomic E-state index is -0.262. The van der Waals surface area contributed by atoms with Crippen LogP contribution in [0.4, 0.5) is 10.2 Å². The number of hydrogen-bond donors (Lipinski definition) is 1. The highest BCUT2D eigenvalue weighted by Gasteiger charge is 2.16. The lowest BCUT2D eigenvalue weighted by Gasteiger charge is -2.22. The second-order valence-corrected chi connectivity index (χ2v) is 4.48. The molecule has 2 aromatic rings. The molecule has 2 aromatic heterocycles. The molecular formula is C15H20FN3O. The molecule has 1 N–H and O–H groups in total. The first-order valence-corrected chi connectivity index (χ1v) is 6.87. The molecule has 0 unspecified atom stereocenters. The minimum absolute atomic E-state index is 0.262. The largest absolute Gasteiger partial charge is 0.467 e. The summed E-state index contributed by atoms with van der Waals surface area (Å²) in [6.07, 6.45) is 3.27. The van der Waals surface area contributed by atoms with Crippen LogP contribution in [0.3, 0.4) is 0 Å². The molecule has 0 aromatic carbocycles. The Balaban J connectivity index is 2.20. The van der Waals surface area contributed by atoms with Crippen LogP contribution < -0.4 is 10.2 Å². The zero-order chi connectivity index (χ0) is 14.4. The van der Waals surface area contributed by atoms with Crippen molar-refractivity contribution in [2.75, 3.05) is 18.0 Å². The number of nitrogens with one attached hydrogen (secondary N) is 1. The second kappa shape index (κ2) is 7.05. The highest BCUT2D eigenvalue weighted by atomic mass is 19.1. The minimum Gasteiger partial charge on any atom is -0.467 e. The van der Waals surface area contributed by atoms with Crippen LogP contribution >= 0.6 is 0 Å². The van der Waals surface area contributed by atoms with Gasteiger partial charge in [0.2, 0.25) is 0 Å². The molecule has 0 amide bonds. The monoisotopic (exact) mass is 277 g/mol. The van der Waals surface area contributed by atoms with Gasteiger partial charge in [-0.3, -0.25) is 0 Å². The van der Waals surface area contributed by atoms with E-state index >= 15 is 0 Å². The summed E-state index contributed by atoms with van der Waals surface area (Å²) in [4.78, 5) is 6.04. The lowest BCUT2D eigenvalue weighted by molar-refractivity contribution is 0.499. The molecule has 0 saturated carbocycles. The first-order valence-electron chi connectivity index (χ1n) is 6.87. The third kappa shape index (κ3) is 3.36. The molecule has 2 rings (SSSR count). The molecule has 0 aliphatic rings. The Kier molecular flexibility index (Phi) is 5.12. The Labute approximate surface area is 118 Å². The molecule has 108 valence electrons. The van der Waals surface area contributed by atoms with E-state index in [0.29, 0.717) is 31.0 Å². The molecule has 20 heavy (non-hydrogen) atoms.